The number of hydrogen-bond acceptors (Lipinski definition) is 4. The quantitative estimate of drug-likeness (QED) is 0.481. The highest BCUT2D eigenvalue weighted by molar-refractivity contribution is 6.17. The predicted octanol–water partition coefficient (Wildman–Crippen LogP) is 2.94. The molecule has 0 atom stereocenters. The minimum atomic E-state index is -4.98. The summed E-state index contributed by atoms with van der Waals surface area (Å²) in [5.41, 5.74) is -0.920. The fourth-order valence-corrected chi connectivity index (χ4v) is 1.39. The second kappa shape index (κ2) is 4.74. The molecular formula is C8H6ClF3N2O3. The van der Waals surface area contributed by atoms with Crippen molar-refractivity contribution in [2.75, 3.05) is 0 Å². The van der Waals surface area contributed by atoms with E-state index < -0.39 is 34.3 Å². The van der Waals surface area contributed by atoms with Gasteiger partial charge in [-0.25, -0.2) is 4.98 Å². The molecule has 0 fully saturated rings. The van der Waals surface area contributed by atoms with Gasteiger partial charge in [0.1, 0.15) is 5.56 Å². The Kier molecular flexibility index (Phi) is 3.76. The third-order valence-electron chi connectivity index (χ3n) is 1.73. The number of hydrogen-bond donors (Lipinski definition) is 0. The van der Waals surface area contributed by atoms with Gasteiger partial charge in [-0.1, -0.05) is 0 Å². The van der Waals surface area contributed by atoms with Crippen LogP contribution >= 0.6 is 11.6 Å². The Balaban J connectivity index is 3.33. The summed E-state index contributed by atoms with van der Waals surface area (Å²) < 4.78 is 39.7. The van der Waals surface area contributed by atoms with Crippen LogP contribution in [0.25, 0.3) is 0 Å². The second-order valence-corrected chi connectivity index (χ2v) is 3.27. The highest BCUT2D eigenvalue weighted by Crippen LogP contribution is 2.32. The molecule has 0 bridgehead atoms. The highest BCUT2D eigenvalue weighted by atomic mass is 35.5. The van der Waals surface area contributed by atoms with Gasteiger partial charge in [0.15, 0.2) is 0 Å². The molecule has 17 heavy (non-hydrogen) atoms. The van der Waals surface area contributed by atoms with Crippen molar-refractivity contribution in [3.8, 4) is 5.88 Å². The lowest BCUT2D eigenvalue weighted by Crippen LogP contribution is -2.19. The van der Waals surface area contributed by atoms with Gasteiger partial charge in [-0.05, 0) is 6.92 Å². The normalized spacial score (nSPS) is 11.4. The minimum absolute atomic E-state index is 0.0322. The van der Waals surface area contributed by atoms with E-state index in [2.05, 4.69) is 9.72 Å². The van der Waals surface area contributed by atoms with Crippen molar-refractivity contribution in [1.82, 2.24) is 4.98 Å². The Labute approximate surface area is 98.3 Å². The standard InChI is InChI=1S/C8H6ClF3N2O3/c1-4-2-6(14(15)16)5(3-9)7(13-4)17-8(10,11)12/h2H,3H2,1H3. The Morgan fingerprint density at radius 3 is 2.59 bits per heavy atom. The summed E-state index contributed by atoms with van der Waals surface area (Å²) in [4.78, 5) is 13.2. The molecule has 0 spiro atoms. The third-order valence-corrected chi connectivity index (χ3v) is 2.00. The molecule has 9 heteroatoms. The van der Waals surface area contributed by atoms with Crippen LogP contribution in [0.15, 0.2) is 6.07 Å². The fourth-order valence-electron chi connectivity index (χ4n) is 1.14. The zero-order chi connectivity index (χ0) is 13.2. The van der Waals surface area contributed by atoms with Crippen LogP contribution in [0.2, 0.25) is 0 Å². The first-order valence-corrected chi connectivity index (χ1v) is 4.74. The van der Waals surface area contributed by atoms with Crippen molar-refractivity contribution in [2.24, 2.45) is 0 Å². The number of ether oxygens (including phenoxy) is 1. The molecular weight excluding hydrogens is 265 g/mol. The van der Waals surface area contributed by atoms with Gasteiger partial charge in [0, 0.05) is 11.8 Å². The predicted molar refractivity (Wildman–Crippen MR) is 51.9 cm³/mol. The van der Waals surface area contributed by atoms with Crippen molar-refractivity contribution < 1.29 is 22.8 Å². The molecule has 0 unspecified atom stereocenters. The smallest absolute Gasteiger partial charge is 0.387 e. The van der Waals surface area contributed by atoms with E-state index in [1.165, 1.54) is 6.92 Å². The first kappa shape index (κ1) is 13.5. The molecule has 1 rings (SSSR count). The molecule has 1 aromatic heterocycles. The van der Waals surface area contributed by atoms with Crippen molar-refractivity contribution in [3.63, 3.8) is 0 Å². The zero-order valence-corrected chi connectivity index (χ0v) is 9.17. The molecule has 0 aliphatic rings. The van der Waals surface area contributed by atoms with E-state index in [1.807, 2.05) is 0 Å². The lowest BCUT2D eigenvalue weighted by atomic mass is 10.2. The third kappa shape index (κ3) is 3.45. The first-order chi connectivity index (χ1) is 7.74. The number of nitro groups is 1. The van der Waals surface area contributed by atoms with Gasteiger partial charge >= 0.3 is 6.36 Å². The zero-order valence-electron chi connectivity index (χ0n) is 8.42. The molecule has 94 valence electrons. The number of halogens is 4. The molecule has 0 amide bonds. The van der Waals surface area contributed by atoms with E-state index in [1.54, 1.807) is 0 Å². The average molecular weight is 271 g/mol. The van der Waals surface area contributed by atoms with Crippen LogP contribution in [-0.4, -0.2) is 16.3 Å². The maximum absolute atomic E-state index is 12.0. The van der Waals surface area contributed by atoms with Gasteiger partial charge in [0.05, 0.1) is 10.8 Å². The lowest BCUT2D eigenvalue weighted by molar-refractivity contribution is -0.385. The highest BCUT2D eigenvalue weighted by Gasteiger charge is 2.34. The Bertz CT molecular complexity index is 450. The van der Waals surface area contributed by atoms with Gasteiger partial charge in [0.2, 0.25) is 5.88 Å². The van der Waals surface area contributed by atoms with E-state index in [4.69, 9.17) is 11.6 Å². The van der Waals surface area contributed by atoms with Crippen LogP contribution in [0, 0.1) is 17.0 Å². The summed E-state index contributed by atoms with van der Waals surface area (Å²) >= 11 is 5.37. The Morgan fingerprint density at radius 2 is 2.18 bits per heavy atom. The van der Waals surface area contributed by atoms with Crippen LogP contribution in [0.3, 0.4) is 0 Å². The molecule has 0 N–H and O–H groups in total. The van der Waals surface area contributed by atoms with E-state index >= 15 is 0 Å². The number of pyridine rings is 1. The first-order valence-electron chi connectivity index (χ1n) is 4.21. The summed E-state index contributed by atoms with van der Waals surface area (Å²) in [6.07, 6.45) is -4.98. The number of alkyl halides is 4. The van der Waals surface area contributed by atoms with Gasteiger partial charge in [-0.15, -0.1) is 24.8 Å². The molecule has 0 aliphatic heterocycles. The SMILES string of the molecule is Cc1cc([N+](=O)[O-])c(CCl)c(OC(F)(F)F)n1. The van der Waals surface area contributed by atoms with Crippen molar-refractivity contribution >= 4 is 17.3 Å². The summed E-state index contributed by atoms with van der Waals surface area (Å²) in [5.74, 6) is -1.39. The van der Waals surface area contributed by atoms with Gasteiger partial charge in [-0.3, -0.25) is 10.1 Å². The van der Waals surface area contributed by atoms with Gasteiger partial charge in [-0.2, -0.15) is 0 Å². The Hall–Kier alpha value is -1.57. The topological polar surface area (TPSA) is 65.3 Å². The van der Waals surface area contributed by atoms with Crippen LogP contribution in [-0.2, 0) is 5.88 Å². The van der Waals surface area contributed by atoms with Crippen molar-refractivity contribution in [1.29, 1.82) is 0 Å². The van der Waals surface area contributed by atoms with E-state index in [0.29, 0.717) is 0 Å². The molecule has 0 aromatic carbocycles. The van der Waals surface area contributed by atoms with Gasteiger partial charge in [0.25, 0.3) is 5.69 Å². The van der Waals surface area contributed by atoms with Crippen molar-refractivity contribution in [2.45, 2.75) is 19.2 Å². The second-order valence-electron chi connectivity index (χ2n) is 3.01. The molecule has 0 radical (unpaired) electrons. The van der Waals surface area contributed by atoms with Gasteiger partial charge < -0.3 is 4.74 Å². The molecule has 0 aliphatic carbocycles. The minimum Gasteiger partial charge on any atom is -0.387 e. The van der Waals surface area contributed by atoms with E-state index in [9.17, 15) is 23.3 Å². The largest absolute Gasteiger partial charge is 0.574 e. The van der Waals surface area contributed by atoms with Crippen LogP contribution in [0.5, 0.6) is 5.88 Å². The van der Waals surface area contributed by atoms with Crippen LogP contribution < -0.4 is 4.74 Å². The summed E-state index contributed by atoms with van der Waals surface area (Å²) in [6.45, 7) is 1.31. The summed E-state index contributed by atoms with van der Waals surface area (Å²) in [5, 5.41) is 10.6. The maximum atomic E-state index is 12.0. The Morgan fingerprint density at radius 1 is 1.59 bits per heavy atom. The van der Waals surface area contributed by atoms with Crippen molar-refractivity contribution in [3.05, 3.63) is 27.4 Å². The lowest BCUT2D eigenvalue weighted by Gasteiger charge is -2.11. The molecule has 5 nitrogen and oxygen atoms in total. The summed E-state index contributed by atoms with van der Waals surface area (Å²) in [7, 11) is 0. The number of nitrogens with zero attached hydrogens (tertiary/aromatic N) is 2. The van der Waals surface area contributed by atoms with Crippen LogP contribution in [0.4, 0.5) is 18.9 Å². The van der Waals surface area contributed by atoms with Crippen LogP contribution in [0.1, 0.15) is 11.3 Å². The molecule has 0 saturated carbocycles. The average Bonchev–Trinajstić information content (AvgIpc) is 2.14. The monoisotopic (exact) mass is 270 g/mol. The number of rotatable bonds is 3. The van der Waals surface area contributed by atoms with E-state index in [-0.39, 0.29) is 5.69 Å². The number of aryl methyl sites for hydroxylation is 1. The number of aromatic nitrogens is 1. The fraction of sp³-hybridized carbons (Fsp3) is 0.375. The van der Waals surface area contributed by atoms with E-state index in [0.717, 1.165) is 6.07 Å². The molecule has 1 aromatic rings. The summed E-state index contributed by atoms with van der Waals surface area (Å²) in [6, 6.07) is 1.03. The maximum Gasteiger partial charge on any atom is 0.574 e. The molecule has 1 heterocycles. The molecule has 0 saturated heterocycles.